The standard InChI is InChI=1S/C28H31F4N3O2/c1-16(12-29)28(36)35-17(2)9-21-20-5-3-4-6-24(20)33-26(21)27(35)25-22(31)10-19(11-23(25)32)37-8-7-34-14-18(13-30)15-34/h3-6,10-11,16-18,27,33H,7-9,12-15H2,1-2H3/t16-,17+,27+/m0/s1. The minimum absolute atomic E-state index is 0.0389. The van der Waals surface area contributed by atoms with Crippen molar-refractivity contribution in [1.29, 1.82) is 0 Å². The number of H-pyrrole nitrogens is 1. The van der Waals surface area contributed by atoms with Crippen molar-refractivity contribution in [2.24, 2.45) is 11.8 Å². The smallest absolute Gasteiger partial charge is 0.229 e. The van der Waals surface area contributed by atoms with E-state index in [0.717, 1.165) is 28.6 Å². The van der Waals surface area contributed by atoms with E-state index in [-0.39, 0.29) is 30.5 Å². The number of para-hydroxylation sites is 1. The van der Waals surface area contributed by atoms with Crippen LogP contribution in [-0.2, 0) is 11.2 Å². The lowest BCUT2D eigenvalue weighted by Gasteiger charge is -2.42. The molecule has 0 unspecified atom stereocenters. The van der Waals surface area contributed by atoms with Gasteiger partial charge in [0.15, 0.2) is 0 Å². The number of hydrogen-bond donors (Lipinski definition) is 1. The highest BCUT2D eigenvalue weighted by Crippen LogP contribution is 2.43. The van der Waals surface area contributed by atoms with Crippen LogP contribution in [0, 0.1) is 23.5 Å². The number of alkyl halides is 2. The molecule has 1 amide bonds. The van der Waals surface area contributed by atoms with E-state index in [1.807, 2.05) is 36.1 Å². The van der Waals surface area contributed by atoms with Crippen LogP contribution >= 0.6 is 0 Å². The largest absolute Gasteiger partial charge is 0.492 e. The first-order valence-corrected chi connectivity index (χ1v) is 12.7. The number of carbonyl (C=O) groups excluding carboxylic acids is 1. The molecule has 0 bridgehead atoms. The number of aromatic amines is 1. The number of aromatic nitrogens is 1. The highest BCUT2D eigenvalue weighted by molar-refractivity contribution is 5.87. The molecule has 9 heteroatoms. The summed E-state index contributed by atoms with van der Waals surface area (Å²) in [5, 5.41) is 0.932. The van der Waals surface area contributed by atoms with Crippen LogP contribution < -0.4 is 4.74 Å². The second-order valence-corrected chi connectivity index (χ2v) is 10.2. The average Bonchev–Trinajstić information content (AvgIpc) is 3.22. The van der Waals surface area contributed by atoms with Gasteiger partial charge in [-0.15, -0.1) is 0 Å². The summed E-state index contributed by atoms with van der Waals surface area (Å²) in [5.74, 6) is -3.03. The third-order valence-electron chi connectivity index (χ3n) is 7.53. The normalized spacial score (nSPS) is 21.1. The van der Waals surface area contributed by atoms with E-state index in [0.29, 0.717) is 31.7 Å². The first kappa shape index (κ1) is 25.6. The Bertz CT molecular complexity index is 1270. The van der Waals surface area contributed by atoms with Crippen molar-refractivity contribution in [3.05, 3.63) is 64.9 Å². The van der Waals surface area contributed by atoms with Gasteiger partial charge < -0.3 is 14.6 Å². The van der Waals surface area contributed by atoms with Gasteiger partial charge in [0.05, 0.1) is 18.2 Å². The Morgan fingerprint density at radius 2 is 1.86 bits per heavy atom. The molecule has 2 aliphatic rings. The van der Waals surface area contributed by atoms with Gasteiger partial charge in [-0.25, -0.2) is 8.78 Å². The third-order valence-corrected chi connectivity index (χ3v) is 7.53. The van der Waals surface area contributed by atoms with Crippen molar-refractivity contribution in [3.63, 3.8) is 0 Å². The monoisotopic (exact) mass is 517 g/mol. The number of nitrogens with one attached hydrogen (secondary N) is 1. The summed E-state index contributed by atoms with van der Waals surface area (Å²) in [4.78, 5) is 20.0. The molecule has 0 aliphatic carbocycles. The number of ether oxygens (including phenoxy) is 1. The van der Waals surface area contributed by atoms with Gasteiger partial charge in [0, 0.05) is 60.3 Å². The van der Waals surface area contributed by atoms with Crippen molar-refractivity contribution < 1.29 is 27.1 Å². The van der Waals surface area contributed by atoms with Gasteiger partial charge >= 0.3 is 0 Å². The fraction of sp³-hybridized carbons (Fsp3) is 0.464. The predicted octanol–water partition coefficient (Wildman–Crippen LogP) is 5.19. The van der Waals surface area contributed by atoms with Crippen LogP contribution in [0.15, 0.2) is 36.4 Å². The molecular weight excluding hydrogens is 486 g/mol. The van der Waals surface area contributed by atoms with E-state index in [2.05, 4.69) is 4.98 Å². The summed E-state index contributed by atoms with van der Waals surface area (Å²) in [6.07, 6.45) is 0.477. The minimum atomic E-state index is -1.08. The molecule has 1 saturated heterocycles. The Balaban J connectivity index is 1.49. The summed E-state index contributed by atoms with van der Waals surface area (Å²) >= 11 is 0. The summed E-state index contributed by atoms with van der Waals surface area (Å²) in [6.45, 7) is 4.12. The van der Waals surface area contributed by atoms with E-state index in [1.165, 1.54) is 11.8 Å². The minimum Gasteiger partial charge on any atom is -0.492 e. The third kappa shape index (κ3) is 4.69. The Labute approximate surface area is 213 Å². The number of nitrogens with zero attached hydrogens (tertiary/aromatic N) is 2. The van der Waals surface area contributed by atoms with E-state index in [4.69, 9.17) is 4.74 Å². The molecule has 2 aliphatic heterocycles. The number of carbonyl (C=O) groups is 1. The second-order valence-electron chi connectivity index (χ2n) is 10.2. The summed E-state index contributed by atoms with van der Waals surface area (Å²) in [7, 11) is 0. The number of hydrogen-bond acceptors (Lipinski definition) is 3. The summed E-state index contributed by atoms with van der Waals surface area (Å²) in [5.41, 5.74) is 1.95. The van der Waals surface area contributed by atoms with E-state index < -0.39 is 42.2 Å². The first-order chi connectivity index (χ1) is 17.8. The number of rotatable bonds is 8. The Hall–Kier alpha value is -3.07. The van der Waals surface area contributed by atoms with Gasteiger partial charge in [0.1, 0.15) is 36.7 Å². The molecule has 1 fully saturated rings. The molecule has 5 rings (SSSR count). The van der Waals surface area contributed by atoms with Crippen molar-refractivity contribution in [2.45, 2.75) is 32.4 Å². The highest BCUT2D eigenvalue weighted by Gasteiger charge is 2.42. The quantitative estimate of drug-likeness (QED) is 0.418. The lowest BCUT2D eigenvalue weighted by molar-refractivity contribution is -0.140. The van der Waals surface area contributed by atoms with Gasteiger partial charge in [-0.05, 0) is 25.0 Å². The number of likely N-dealkylation sites (tertiary alicyclic amines) is 1. The molecule has 198 valence electrons. The van der Waals surface area contributed by atoms with Gasteiger partial charge in [-0.3, -0.25) is 18.5 Å². The fourth-order valence-corrected chi connectivity index (χ4v) is 5.57. The molecule has 3 atom stereocenters. The first-order valence-electron chi connectivity index (χ1n) is 12.7. The van der Waals surface area contributed by atoms with Crippen LogP contribution in [0.5, 0.6) is 5.75 Å². The van der Waals surface area contributed by atoms with Gasteiger partial charge in [0.2, 0.25) is 5.91 Å². The molecule has 5 nitrogen and oxygen atoms in total. The van der Waals surface area contributed by atoms with Crippen molar-refractivity contribution in [3.8, 4) is 5.75 Å². The van der Waals surface area contributed by atoms with E-state index in [9.17, 15) is 13.6 Å². The molecule has 2 aromatic carbocycles. The Kier molecular flexibility index (Phi) is 7.16. The van der Waals surface area contributed by atoms with Gasteiger partial charge in [-0.2, -0.15) is 0 Å². The van der Waals surface area contributed by atoms with Crippen LogP contribution in [0.2, 0.25) is 0 Å². The SMILES string of the molecule is C[C@@H]1Cc2c([nH]c3ccccc23)[C@@H](c2c(F)cc(OCCN3CC(CF)C3)cc2F)N1C(=O)[C@@H](C)CF. The molecule has 0 saturated carbocycles. The maximum atomic E-state index is 15.7. The van der Waals surface area contributed by atoms with E-state index >= 15 is 8.78 Å². The Morgan fingerprint density at radius 3 is 2.54 bits per heavy atom. The fourth-order valence-electron chi connectivity index (χ4n) is 5.57. The Morgan fingerprint density at radius 1 is 1.16 bits per heavy atom. The van der Waals surface area contributed by atoms with Crippen LogP contribution in [0.4, 0.5) is 17.6 Å². The van der Waals surface area contributed by atoms with Crippen molar-refractivity contribution in [1.82, 2.24) is 14.8 Å². The zero-order valence-electron chi connectivity index (χ0n) is 20.9. The average molecular weight is 518 g/mol. The maximum Gasteiger partial charge on any atom is 0.229 e. The molecule has 0 spiro atoms. The molecule has 0 radical (unpaired) electrons. The molecular formula is C28H31F4N3O2. The van der Waals surface area contributed by atoms with Crippen molar-refractivity contribution in [2.75, 3.05) is 39.6 Å². The molecule has 37 heavy (non-hydrogen) atoms. The van der Waals surface area contributed by atoms with E-state index in [1.54, 1.807) is 0 Å². The van der Waals surface area contributed by atoms with Crippen molar-refractivity contribution >= 4 is 16.8 Å². The molecule has 1 aromatic heterocycles. The number of amides is 1. The number of benzene rings is 2. The molecule has 3 heterocycles. The zero-order chi connectivity index (χ0) is 26.3. The second kappa shape index (κ2) is 10.4. The lowest BCUT2D eigenvalue weighted by Crippen LogP contribution is -2.49. The van der Waals surface area contributed by atoms with Gasteiger partial charge in [-0.1, -0.05) is 25.1 Å². The topological polar surface area (TPSA) is 48.6 Å². The zero-order valence-corrected chi connectivity index (χ0v) is 20.9. The molecule has 3 aromatic rings. The maximum absolute atomic E-state index is 15.7. The molecule has 1 N–H and O–H groups in total. The van der Waals surface area contributed by atoms with Crippen LogP contribution in [0.25, 0.3) is 10.9 Å². The number of fused-ring (bicyclic) bond motifs is 3. The van der Waals surface area contributed by atoms with Crippen LogP contribution in [0.3, 0.4) is 0 Å². The predicted molar refractivity (Wildman–Crippen MR) is 133 cm³/mol. The summed E-state index contributed by atoms with van der Waals surface area (Å²) < 4.78 is 63.0. The van der Waals surface area contributed by atoms with Crippen LogP contribution in [0.1, 0.15) is 36.7 Å². The lowest BCUT2D eigenvalue weighted by atomic mass is 9.87. The summed E-state index contributed by atoms with van der Waals surface area (Å²) in [6, 6.07) is 8.34. The highest BCUT2D eigenvalue weighted by atomic mass is 19.1. The number of halogens is 4. The van der Waals surface area contributed by atoms with Gasteiger partial charge in [0.25, 0.3) is 0 Å². The van der Waals surface area contributed by atoms with Crippen LogP contribution in [-0.4, -0.2) is 66.3 Å².